The highest BCUT2D eigenvalue weighted by molar-refractivity contribution is 7.13. The van der Waals surface area contributed by atoms with Crippen LogP contribution in [0.15, 0.2) is 46.4 Å². The van der Waals surface area contributed by atoms with E-state index < -0.39 is 23.2 Å². The van der Waals surface area contributed by atoms with E-state index in [1.165, 1.54) is 23.7 Å². The van der Waals surface area contributed by atoms with Crippen LogP contribution in [0.1, 0.15) is 16.1 Å². The van der Waals surface area contributed by atoms with Crippen molar-refractivity contribution >= 4 is 17.3 Å². The molecule has 0 radical (unpaired) electrons. The van der Waals surface area contributed by atoms with Crippen LogP contribution in [0, 0.1) is 11.6 Å². The van der Waals surface area contributed by atoms with Gasteiger partial charge >= 0.3 is 5.97 Å². The molecule has 0 fully saturated rings. The summed E-state index contributed by atoms with van der Waals surface area (Å²) < 4.78 is 37.0. The smallest absolute Gasteiger partial charge is 0.344 e. The Bertz CT molecular complexity index is 779. The standard InChI is InChI=1S/C15H9F2NO3S/c16-10-3-1-4-11(17)13(10)15(19)21-8-9-7-20-14(18-9)12-5-2-6-22-12/h1-7H,8H2. The second kappa shape index (κ2) is 6.07. The van der Waals surface area contributed by atoms with Crippen LogP contribution < -0.4 is 0 Å². The summed E-state index contributed by atoms with van der Waals surface area (Å²) in [5, 5.41) is 1.88. The Kier molecular flexibility index (Phi) is 3.97. The fourth-order valence-electron chi connectivity index (χ4n) is 1.79. The molecule has 0 N–H and O–H groups in total. The molecule has 3 rings (SSSR count). The average Bonchev–Trinajstić information content (AvgIpc) is 3.16. The number of benzene rings is 1. The van der Waals surface area contributed by atoms with Crippen molar-refractivity contribution in [1.82, 2.24) is 4.98 Å². The number of thiophene rings is 1. The van der Waals surface area contributed by atoms with Crippen molar-refractivity contribution in [3.8, 4) is 10.8 Å². The van der Waals surface area contributed by atoms with Gasteiger partial charge in [0.05, 0.1) is 4.88 Å². The Hall–Kier alpha value is -2.54. The van der Waals surface area contributed by atoms with E-state index in [0.717, 1.165) is 17.0 Å². The Morgan fingerprint density at radius 2 is 2.00 bits per heavy atom. The molecule has 0 atom stereocenters. The highest BCUT2D eigenvalue weighted by Gasteiger charge is 2.19. The molecule has 2 heterocycles. The van der Waals surface area contributed by atoms with E-state index in [0.29, 0.717) is 11.6 Å². The fraction of sp³-hybridized carbons (Fsp3) is 0.0667. The molecule has 22 heavy (non-hydrogen) atoms. The number of esters is 1. The average molecular weight is 321 g/mol. The maximum Gasteiger partial charge on any atom is 0.344 e. The van der Waals surface area contributed by atoms with Gasteiger partial charge in [0, 0.05) is 0 Å². The number of carbonyl (C=O) groups excluding carboxylic acids is 1. The molecule has 2 aromatic heterocycles. The lowest BCUT2D eigenvalue weighted by Gasteiger charge is -2.04. The van der Waals surface area contributed by atoms with Crippen molar-refractivity contribution in [3.63, 3.8) is 0 Å². The number of ether oxygens (including phenoxy) is 1. The quantitative estimate of drug-likeness (QED) is 0.681. The Balaban J connectivity index is 1.69. The van der Waals surface area contributed by atoms with Crippen molar-refractivity contribution in [1.29, 1.82) is 0 Å². The van der Waals surface area contributed by atoms with Crippen LogP contribution in [0.5, 0.6) is 0 Å². The second-order valence-corrected chi connectivity index (χ2v) is 5.24. The van der Waals surface area contributed by atoms with Gasteiger partial charge < -0.3 is 9.15 Å². The minimum atomic E-state index is -1.09. The summed E-state index contributed by atoms with van der Waals surface area (Å²) in [4.78, 5) is 16.7. The fourth-order valence-corrected chi connectivity index (χ4v) is 2.45. The van der Waals surface area contributed by atoms with Crippen LogP contribution in [0.25, 0.3) is 10.8 Å². The van der Waals surface area contributed by atoms with Gasteiger partial charge in [-0.3, -0.25) is 0 Å². The first kappa shape index (κ1) is 14.4. The molecule has 0 aliphatic carbocycles. The van der Waals surface area contributed by atoms with Crippen molar-refractivity contribution < 1.29 is 22.7 Å². The van der Waals surface area contributed by atoms with E-state index >= 15 is 0 Å². The lowest BCUT2D eigenvalue weighted by molar-refractivity contribution is 0.0456. The number of oxazole rings is 1. The summed E-state index contributed by atoms with van der Waals surface area (Å²) in [6, 6.07) is 6.84. The molecule has 0 spiro atoms. The molecule has 0 saturated heterocycles. The molecule has 112 valence electrons. The van der Waals surface area contributed by atoms with Gasteiger partial charge in [0.15, 0.2) is 0 Å². The lowest BCUT2D eigenvalue weighted by Crippen LogP contribution is -2.10. The Labute approximate surface area is 128 Å². The highest BCUT2D eigenvalue weighted by Crippen LogP contribution is 2.24. The maximum atomic E-state index is 13.4. The normalized spacial score (nSPS) is 10.6. The molecule has 0 aliphatic rings. The molecule has 0 bridgehead atoms. The molecule has 0 unspecified atom stereocenters. The number of hydrogen-bond donors (Lipinski definition) is 0. The zero-order valence-corrected chi connectivity index (χ0v) is 11.9. The van der Waals surface area contributed by atoms with Crippen LogP contribution in [0.2, 0.25) is 0 Å². The number of carbonyl (C=O) groups is 1. The third-order valence-electron chi connectivity index (χ3n) is 2.80. The van der Waals surface area contributed by atoms with E-state index in [-0.39, 0.29) is 6.61 Å². The summed E-state index contributed by atoms with van der Waals surface area (Å²) in [6.45, 7) is -0.235. The highest BCUT2D eigenvalue weighted by atomic mass is 32.1. The first-order chi connectivity index (χ1) is 10.6. The first-order valence-electron chi connectivity index (χ1n) is 6.24. The van der Waals surface area contributed by atoms with E-state index in [2.05, 4.69) is 4.98 Å². The molecule has 0 saturated carbocycles. The van der Waals surface area contributed by atoms with Crippen molar-refractivity contribution in [2.75, 3.05) is 0 Å². The number of rotatable bonds is 4. The van der Waals surface area contributed by atoms with Crippen LogP contribution >= 0.6 is 11.3 Å². The third kappa shape index (κ3) is 2.89. The zero-order chi connectivity index (χ0) is 15.5. The minimum Gasteiger partial charge on any atom is -0.455 e. The van der Waals surface area contributed by atoms with Gasteiger partial charge in [-0.15, -0.1) is 11.3 Å². The van der Waals surface area contributed by atoms with Crippen molar-refractivity contribution in [2.24, 2.45) is 0 Å². The topological polar surface area (TPSA) is 52.3 Å². The molecular weight excluding hydrogens is 312 g/mol. The summed E-state index contributed by atoms with van der Waals surface area (Å²) in [6.07, 6.45) is 1.33. The van der Waals surface area contributed by atoms with Crippen LogP contribution in [0.3, 0.4) is 0 Å². The van der Waals surface area contributed by atoms with Crippen LogP contribution in [-0.2, 0) is 11.3 Å². The predicted molar refractivity (Wildman–Crippen MR) is 75.3 cm³/mol. The van der Waals surface area contributed by atoms with E-state index in [9.17, 15) is 13.6 Å². The molecule has 0 aliphatic heterocycles. The van der Waals surface area contributed by atoms with Crippen LogP contribution in [-0.4, -0.2) is 11.0 Å². The molecule has 4 nitrogen and oxygen atoms in total. The molecular formula is C15H9F2NO3S. The number of hydrogen-bond acceptors (Lipinski definition) is 5. The lowest BCUT2D eigenvalue weighted by atomic mass is 10.2. The molecule has 7 heteroatoms. The van der Waals surface area contributed by atoms with Gasteiger partial charge in [-0.25, -0.2) is 18.6 Å². The SMILES string of the molecule is O=C(OCc1coc(-c2cccs2)n1)c1c(F)cccc1F. The number of halogens is 2. The summed E-state index contributed by atoms with van der Waals surface area (Å²) in [5.41, 5.74) is -0.363. The van der Waals surface area contributed by atoms with E-state index in [4.69, 9.17) is 9.15 Å². The van der Waals surface area contributed by atoms with Crippen LogP contribution in [0.4, 0.5) is 8.78 Å². The summed E-state index contributed by atoms with van der Waals surface area (Å²) in [7, 11) is 0. The maximum absolute atomic E-state index is 13.4. The minimum absolute atomic E-state index is 0.235. The second-order valence-electron chi connectivity index (χ2n) is 4.29. The van der Waals surface area contributed by atoms with E-state index in [1.807, 2.05) is 17.5 Å². The zero-order valence-electron chi connectivity index (χ0n) is 11.1. The predicted octanol–water partition coefficient (Wildman–Crippen LogP) is 4.04. The Morgan fingerprint density at radius 1 is 1.23 bits per heavy atom. The van der Waals surface area contributed by atoms with Gasteiger partial charge in [0.2, 0.25) is 5.89 Å². The Morgan fingerprint density at radius 3 is 2.68 bits per heavy atom. The number of nitrogens with zero attached hydrogens (tertiary/aromatic N) is 1. The molecule has 0 amide bonds. The monoisotopic (exact) mass is 321 g/mol. The molecule has 3 aromatic rings. The summed E-state index contributed by atoms with van der Waals surface area (Å²) in [5.74, 6) is -2.62. The third-order valence-corrected chi connectivity index (χ3v) is 3.66. The van der Waals surface area contributed by atoms with Gasteiger partial charge in [-0.2, -0.15) is 0 Å². The van der Waals surface area contributed by atoms with Gasteiger partial charge in [-0.05, 0) is 23.6 Å². The van der Waals surface area contributed by atoms with Gasteiger partial charge in [0.1, 0.15) is 35.8 Å². The molecule has 1 aromatic carbocycles. The first-order valence-corrected chi connectivity index (χ1v) is 7.12. The largest absolute Gasteiger partial charge is 0.455 e. The van der Waals surface area contributed by atoms with E-state index in [1.54, 1.807) is 0 Å². The van der Waals surface area contributed by atoms with Crippen molar-refractivity contribution in [2.45, 2.75) is 6.61 Å². The number of aromatic nitrogens is 1. The van der Waals surface area contributed by atoms with Crippen molar-refractivity contribution in [3.05, 3.63) is 64.9 Å². The summed E-state index contributed by atoms with van der Waals surface area (Å²) >= 11 is 1.45. The van der Waals surface area contributed by atoms with Gasteiger partial charge in [-0.1, -0.05) is 12.1 Å². The van der Waals surface area contributed by atoms with Gasteiger partial charge in [0.25, 0.3) is 0 Å².